The number of carbonyl (C=O) groups is 1. The molecule has 0 fully saturated rings. The normalized spacial score (nSPS) is 10.6. The summed E-state index contributed by atoms with van der Waals surface area (Å²) < 4.78 is 11.7. The Kier molecular flexibility index (Phi) is 4.34. The Labute approximate surface area is 142 Å². The van der Waals surface area contributed by atoms with Crippen molar-refractivity contribution in [3.05, 3.63) is 63.8 Å². The largest absolute Gasteiger partial charge is 0.496 e. The van der Waals surface area contributed by atoms with Gasteiger partial charge in [0.05, 0.1) is 36.8 Å². The van der Waals surface area contributed by atoms with Gasteiger partial charge < -0.3 is 9.47 Å². The van der Waals surface area contributed by atoms with Gasteiger partial charge in [0.15, 0.2) is 0 Å². The summed E-state index contributed by atoms with van der Waals surface area (Å²) in [6.07, 6.45) is 1.80. The van der Waals surface area contributed by atoms with Gasteiger partial charge in [-0.05, 0) is 18.2 Å². The molecule has 0 spiro atoms. The zero-order valence-electron chi connectivity index (χ0n) is 13.6. The lowest BCUT2D eigenvalue weighted by molar-refractivity contribution is -0.384. The molecule has 128 valence electrons. The molecule has 0 aliphatic carbocycles. The first-order chi connectivity index (χ1) is 12.0. The molecule has 3 rings (SSSR count). The van der Waals surface area contributed by atoms with Crippen LogP contribution in [0.25, 0.3) is 10.9 Å². The number of methoxy groups -OCH3 is 2. The highest BCUT2D eigenvalue weighted by molar-refractivity contribution is 5.90. The van der Waals surface area contributed by atoms with E-state index in [0.717, 1.165) is 10.9 Å². The van der Waals surface area contributed by atoms with Crippen LogP contribution in [0.2, 0.25) is 0 Å². The molecule has 1 heterocycles. The van der Waals surface area contributed by atoms with Crippen LogP contribution in [0.4, 0.5) is 5.69 Å². The van der Waals surface area contributed by atoms with Crippen molar-refractivity contribution < 1.29 is 19.2 Å². The highest BCUT2D eigenvalue weighted by Crippen LogP contribution is 2.24. The van der Waals surface area contributed by atoms with E-state index in [1.54, 1.807) is 35.1 Å². The molecule has 0 aliphatic heterocycles. The van der Waals surface area contributed by atoms with Crippen molar-refractivity contribution in [3.63, 3.8) is 0 Å². The van der Waals surface area contributed by atoms with Crippen LogP contribution in [0.3, 0.4) is 0 Å². The second-order valence-corrected chi connectivity index (χ2v) is 5.35. The van der Waals surface area contributed by atoms with Gasteiger partial charge in [-0.2, -0.15) is 5.10 Å². The Morgan fingerprint density at radius 2 is 2.04 bits per heavy atom. The van der Waals surface area contributed by atoms with Crippen molar-refractivity contribution >= 4 is 22.6 Å². The van der Waals surface area contributed by atoms with Gasteiger partial charge in [0.25, 0.3) is 5.69 Å². The van der Waals surface area contributed by atoms with E-state index in [0.29, 0.717) is 23.4 Å². The Morgan fingerprint density at radius 1 is 1.24 bits per heavy atom. The molecule has 0 radical (unpaired) electrons. The van der Waals surface area contributed by atoms with Crippen LogP contribution in [0.15, 0.2) is 42.6 Å². The number of nitro benzene ring substituents is 1. The van der Waals surface area contributed by atoms with Gasteiger partial charge >= 0.3 is 5.97 Å². The Bertz CT molecular complexity index is 964. The number of hydrogen-bond acceptors (Lipinski definition) is 6. The van der Waals surface area contributed by atoms with Crippen molar-refractivity contribution in [2.45, 2.75) is 6.54 Å². The number of nitro groups is 1. The maximum atomic E-state index is 11.6. The molecule has 0 unspecified atom stereocenters. The molecule has 0 bridgehead atoms. The third-order valence-electron chi connectivity index (χ3n) is 3.79. The molecule has 8 nitrogen and oxygen atoms in total. The third-order valence-corrected chi connectivity index (χ3v) is 3.79. The van der Waals surface area contributed by atoms with Crippen LogP contribution in [0, 0.1) is 10.1 Å². The zero-order valence-corrected chi connectivity index (χ0v) is 13.6. The van der Waals surface area contributed by atoms with Crippen molar-refractivity contribution in [1.29, 1.82) is 0 Å². The molecule has 0 aliphatic rings. The van der Waals surface area contributed by atoms with Gasteiger partial charge in [-0.1, -0.05) is 6.07 Å². The average Bonchev–Trinajstić information content (AvgIpc) is 3.02. The predicted molar refractivity (Wildman–Crippen MR) is 89.8 cm³/mol. The first-order valence-electron chi connectivity index (χ1n) is 7.38. The minimum atomic E-state index is -0.451. The van der Waals surface area contributed by atoms with Crippen LogP contribution < -0.4 is 4.74 Å². The minimum Gasteiger partial charge on any atom is -0.496 e. The Hall–Kier alpha value is -3.42. The SMILES string of the molecule is COC(=O)c1ccc(Cn2cc3ccc([N+](=O)[O-])cc3n2)c(OC)c1. The number of hydrogen-bond donors (Lipinski definition) is 0. The number of rotatable bonds is 5. The number of nitrogens with zero attached hydrogens (tertiary/aromatic N) is 3. The fourth-order valence-corrected chi connectivity index (χ4v) is 2.54. The molecule has 8 heteroatoms. The topological polar surface area (TPSA) is 96.5 Å². The molecule has 25 heavy (non-hydrogen) atoms. The van der Waals surface area contributed by atoms with Crippen LogP contribution in [0.5, 0.6) is 5.75 Å². The lowest BCUT2D eigenvalue weighted by Crippen LogP contribution is -2.05. The number of carbonyl (C=O) groups excluding carboxylic acids is 1. The zero-order chi connectivity index (χ0) is 18.0. The molecule has 0 saturated carbocycles. The van der Waals surface area contributed by atoms with Gasteiger partial charge in [0, 0.05) is 29.3 Å². The van der Waals surface area contributed by atoms with Crippen molar-refractivity contribution in [2.75, 3.05) is 14.2 Å². The summed E-state index contributed by atoms with van der Waals surface area (Å²) in [6, 6.07) is 9.56. The number of aromatic nitrogens is 2. The van der Waals surface area contributed by atoms with Gasteiger partial charge in [0.1, 0.15) is 5.75 Å². The summed E-state index contributed by atoms with van der Waals surface area (Å²) in [7, 11) is 2.83. The monoisotopic (exact) mass is 341 g/mol. The lowest BCUT2D eigenvalue weighted by atomic mass is 10.1. The van der Waals surface area contributed by atoms with E-state index >= 15 is 0 Å². The van der Waals surface area contributed by atoms with Crippen molar-refractivity contribution in [3.8, 4) is 5.75 Å². The van der Waals surface area contributed by atoms with E-state index in [1.807, 2.05) is 0 Å². The second kappa shape index (κ2) is 6.60. The standard InChI is InChI=1S/C17H15N3O5/c1-24-16-7-11(17(21)25-2)3-4-13(16)10-19-9-12-5-6-14(20(22)23)8-15(12)18-19/h3-9H,10H2,1-2H3. The maximum Gasteiger partial charge on any atom is 0.337 e. The van der Waals surface area contributed by atoms with Crippen LogP contribution >= 0.6 is 0 Å². The van der Waals surface area contributed by atoms with E-state index in [1.165, 1.54) is 26.4 Å². The molecular formula is C17H15N3O5. The molecule has 0 saturated heterocycles. The number of esters is 1. The van der Waals surface area contributed by atoms with Gasteiger partial charge in [-0.15, -0.1) is 0 Å². The average molecular weight is 341 g/mol. The van der Waals surface area contributed by atoms with Gasteiger partial charge in [-0.3, -0.25) is 14.8 Å². The highest BCUT2D eigenvalue weighted by atomic mass is 16.6. The van der Waals surface area contributed by atoms with Crippen molar-refractivity contribution in [1.82, 2.24) is 9.78 Å². The summed E-state index contributed by atoms with van der Waals surface area (Å²) in [5.41, 5.74) is 1.75. The van der Waals surface area contributed by atoms with E-state index in [9.17, 15) is 14.9 Å². The predicted octanol–water partition coefficient (Wildman–Crippen LogP) is 2.79. The second-order valence-electron chi connectivity index (χ2n) is 5.35. The van der Waals surface area contributed by atoms with Crippen LogP contribution in [-0.2, 0) is 11.3 Å². The first kappa shape index (κ1) is 16.4. The Morgan fingerprint density at radius 3 is 2.72 bits per heavy atom. The summed E-state index contributed by atoms with van der Waals surface area (Å²) in [5, 5.41) is 16.0. The number of fused-ring (bicyclic) bond motifs is 1. The molecule has 1 aromatic heterocycles. The van der Waals surface area contributed by atoms with Crippen LogP contribution in [0.1, 0.15) is 15.9 Å². The number of ether oxygens (including phenoxy) is 2. The molecular weight excluding hydrogens is 326 g/mol. The van der Waals surface area contributed by atoms with E-state index in [-0.39, 0.29) is 5.69 Å². The Balaban J connectivity index is 1.92. The molecule has 2 aromatic carbocycles. The first-order valence-corrected chi connectivity index (χ1v) is 7.38. The quantitative estimate of drug-likeness (QED) is 0.402. The van der Waals surface area contributed by atoms with Crippen LogP contribution in [-0.4, -0.2) is 34.9 Å². The summed E-state index contributed by atoms with van der Waals surface area (Å²) in [4.78, 5) is 22.0. The molecule has 0 amide bonds. The van der Waals surface area contributed by atoms with E-state index < -0.39 is 10.9 Å². The summed E-state index contributed by atoms with van der Waals surface area (Å²) in [6.45, 7) is 0.396. The summed E-state index contributed by atoms with van der Waals surface area (Å²) in [5.74, 6) is 0.0930. The third kappa shape index (κ3) is 3.27. The fourth-order valence-electron chi connectivity index (χ4n) is 2.54. The molecule has 3 aromatic rings. The molecule has 0 atom stereocenters. The smallest absolute Gasteiger partial charge is 0.337 e. The van der Waals surface area contributed by atoms with Gasteiger partial charge in [0.2, 0.25) is 0 Å². The maximum absolute atomic E-state index is 11.6. The van der Waals surface area contributed by atoms with E-state index in [2.05, 4.69) is 5.10 Å². The van der Waals surface area contributed by atoms with Crippen molar-refractivity contribution in [2.24, 2.45) is 0 Å². The highest BCUT2D eigenvalue weighted by Gasteiger charge is 2.13. The van der Waals surface area contributed by atoms with Gasteiger partial charge in [-0.25, -0.2) is 4.79 Å². The van der Waals surface area contributed by atoms with E-state index in [4.69, 9.17) is 9.47 Å². The lowest BCUT2D eigenvalue weighted by Gasteiger charge is -2.10. The minimum absolute atomic E-state index is 0.00207. The number of non-ortho nitro benzene ring substituents is 1. The summed E-state index contributed by atoms with van der Waals surface area (Å²) >= 11 is 0. The number of benzene rings is 2. The molecule has 0 N–H and O–H groups in total. The fraction of sp³-hybridized carbons (Fsp3) is 0.176.